The van der Waals surface area contributed by atoms with Gasteiger partial charge in [0.05, 0.1) is 19.1 Å². The third-order valence-electron chi connectivity index (χ3n) is 3.21. The Morgan fingerprint density at radius 2 is 2.04 bits per heavy atom. The van der Waals surface area contributed by atoms with Gasteiger partial charge in [0, 0.05) is 6.92 Å². The Labute approximate surface area is 139 Å². The molecule has 128 valence electrons. The molecule has 0 N–H and O–H groups in total. The van der Waals surface area contributed by atoms with Gasteiger partial charge in [-0.25, -0.2) is 4.79 Å². The quantitative estimate of drug-likeness (QED) is 0.334. The van der Waals surface area contributed by atoms with Crippen molar-refractivity contribution in [2.45, 2.75) is 26.7 Å². The minimum Gasteiger partial charge on any atom is -0.493 e. The van der Waals surface area contributed by atoms with Crippen molar-refractivity contribution in [2.75, 3.05) is 13.7 Å². The standard InChI is InChI=1S/C18H20O6/c1-4-5-6-7-11-22-16-13-9-8-10-14(21-3)15(13)24-18(20)17(16)23-12(2)19/h5-6,8-10H,4,7,11H2,1-3H3/b6-5+. The molecule has 1 heterocycles. The first-order valence-corrected chi connectivity index (χ1v) is 7.68. The summed E-state index contributed by atoms with van der Waals surface area (Å²) in [5.74, 6) is -0.294. The van der Waals surface area contributed by atoms with E-state index in [-0.39, 0.29) is 17.1 Å². The largest absolute Gasteiger partial charge is 0.493 e. The van der Waals surface area contributed by atoms with Crippen molar-refractivity contribution in [3.63, 3.8) is 0 Å². The third-order valence-corrected chi connectivity index (χ3v) is 3.21. The van der Waals surface area contributed by atoms with Crippen LogP contribution in [0.15, 0.2) is 39.6 Å². The van der Waals surface area contributed by atoms with Crippen LogP contribution in [0, 0.1) is 0 Å². The van der Waals surface area contributed by atoms with Crippen molar-refractivity contribution in [2.24, 2.45) is 0 Å². The fraction of sp³-hybridized carbons (Fsp3) is 0.333. The van der Waals surface area contributed by atoms with Crippen LogP contribution in [0.2, 0.25) is 0 Å². The summed E-state index contributed by atoms with van der Waals surface area (Å²) in [6.07, 6.45) is 5.61. The van der Waals surface area contributed by atoms with Crippen LogP contribution in [0.25, 0.3) is 11.0 Å². The second-order valence-electron chi connectivity index (χ2n) is 5.00. The SMILES string of the molecule is CC/C=C/CCOc1c(OC(C)=O)c(=O)oc2c(OC)cccc12. The topological polar surface area (TPSA) is 75.0 Å². The Kier molecular flexibility index (Phi) is 6.01. The molecular weight excluding hydrogens is 312 g/mol. The summed E-state index contributed by atoms with van der Waals surface area (Å²) in [5.41, 5.74) is -0.540. The number of para-hydroxylation sites is 1. The van der Waals surface area contributed by atoms with E-state index in [2.05, 4.69) is 0 Å². The Morgan fingerprint density at radius 1 is 1.25 bits per heavy atom. The van der Waals surface area contributed by atoms with Gasteiger partial charge in [-0.1, -0.05) is 25.1 Å². The number of fused-ring (bicyclic) bond motifs is 1. The van der Waals surface area contributed by atoms with Gasteiger partial charge in [0.15, 0.2) is 17.1 Å². The minimum atomic E-state index is -0.790. The lowest BCUT2D eigenvalue weighted by atomic mass is 10.2. The molecule has 0 unspecified atom stereocenters. The molecule has 2 rings (SSSR count). The fourth-order valence-corrected chi connectivity index (χ4v) is 2.20. The van der Waals surface area contributed by atoms with E-state index in [1.54, 1.807) is 18.2 Å². The lowest BCUT2D eigenvalue weighted by molar-refractivity contribution is -0.132. The summed E-state index contributed by atoms with van der Waals surface area (Å²) >= 11 is 0. The van der Waals surface area contributed by atoms with Gasteiger partial charge in [0.1, 0.15) is 0 Å². The molecule has 2 aromatic rings. The van der Waals surface area contributed by atoms with Crippen molar-refractivity contribution >= 4 is 16.9 Å². The maximum Gasteiger partial charge on any atom is 0.383 e. The zero-order valence-electron chi connectivity index (χ0n) is 14.0. The van der Waals surface area contributed by atoms with E-state index in [0.717, 1.165) is 6.42 Å². The first-order valence-electron chi connectivity index (χ1n) is 7.68. The van der Waals surface area contributed by atoms with E-state index in [1.165, 1.54) is 14.0 Å². The summed E-state index contributed by atoms with van der Waals surface area (Å²) < 4.78 is 21.2. The predicted molar refractivity (Wildman–Crippen MR) is 89.9 cm³/mol. The minimum absolute atomic E-state index is 0.181. The Balaban J connectivity index is 2.51. The Hall–Kier alpha value is -2.76. The molecule has 0 aliphatic heterocycles. The number of carbonyl (C=O) groups excluding carboxylic acids is 1. The van der Waals surface area contributed by atoms with Crippen molar-refractivity contribution in [1.29, 1.82) is 0 Å². The molecule has 0 aliphatic rings. The summed E-state index contributed by atoms with van der Waals surface area (Å²) in [5, 5.41) is 0.504. The normalized spacial score (nSPS) is 11.0. The average molecular weight is 332 g/mol. The molecule has 24 heavy (non-hydrogen) atoms. The highest BCUT2D eigenvalue weighted by Gasteiger charge is 2.21. The summed E-state index contributed by atoms with van der Waals surface area (Å²) in [7, 11) is 1.48. The smallest absolute Gasteiger partial charge is 0.383 e. The van der Waals surface area contributed by atoms with Crippen LogP contribution in [0.1, 0.15) is 26.7 Å². The molecule has 0 spiro atoms. The van der Waals surface area contributed by atoms with E-state index in [4.69, 9.17) is 18.6 Å². The van der Waals surface area contributed by atoms with Crippen LogP contribution in [0.4, 0.5) is 0 Å². The summed E-state index contributed by atoms with van der Waals surface area (Å²) in [6, 6.07) is 5.12. The first kappa shape index (κ1) is 17.6. The second kappa shape index (κ2) is 8.19. The van der Waals surface area contributed by atoms with Gasteiger partial charge in [-0.3, -0.25) is 4.79 Å². The van der Waals surface area contributed by atoms with Gasteiger partial charge >= 0.3 is 11.6 Å². The highest BCUT2D eigenvalue weighted by atomic mass is 16.6. The van der Waals surface area contributed by atoms with Gasteiger partial charge < -0.3 is 18.6 Å². The van der Waals surface area contributed by atoms with E-state index in [1.807, 2.05) is 19.1 Å². The molecule has 0 saturated carbocycles. The highest BCUT2D eigenvalue weighted by molar-refractivity contribution is 5.90. The molecule has 0 saturated heterocycles. The number of hydrogen-bond acceptors (Lipinski definition) is 6. The number of benzene rings is 1. The van der Waals surface area contributed by atoms with Crippen molar-refractivity contribution in [1.82, 2.24) is 0 Å². The van der Waals surface area contributed by atoms with E-state index in [0.29, 0.717) is 24.2 Å². The van der Waals surface area contributed by atoms with Crippen LogP contribution in [0.3, 0.4) is 0 Å². The van der Waals surface area contributed by atoms with E-state index in [9.17, 15) is 9.59 Å². The molecule has 0 radical (unpaired) electrons. The number of carbonyl (C=O) groups is 1. The second-order valence-corrected chi connectivity index (χ2v) is 5.00. The van der Waals surface area contributed by atoms with Gasteiger partial charge in [-0.05, 0) is 25.0 Å². The van der Waals surface area contributed by atoms with Gasteiger partial charge in [-0.15, -0.1) is 0 Å². The lowest BCUT2D eigenvalue weighted by Crippen LogP contribution is -2.14. The molecule has 1 aromatic heterocycles. The molecule has 0 atom stereocenters. The number of methoxy groups -OCH3 is 1. The van der Waals surface area contributed by atoms with Crippen molar-refractivity contribution in [3.8, 4) is 17.2 Å². The van der Waals surface area contributed by atoms with Crippen LogP contribution in [-0.4, -0.2) is 19.7 Å². The van der Waals surface area contributed by atoms with Gasteiger partial charge in [0.25, 0.3) is 5.75 Å². The number of ether oxygens (including phenoxy) is 3. The van der Waals surface area contributed by atoms with Gasteiger partial charge in [-0.2, -0.15) is 0 Å². The zero-order chi connectivity index (χ0) is 17.5. The predicted octanol–water partition coefficient (Wildman–Crippen LogP) is 3.46. The number of hydrogen-bond donors (Lipinski definition) is 0. The van der Waals surface area contributed by atoms with E-state index < -0.39 is 11.6 Å². The average Bonchev–Trinajstić information content (AvgIpc) is 2.56. The zero-order valence-corrected chi connectivity index (χ0v) is 14.0. The van der Waals surface area contributed by atoms with Crippen molar-refractivity contribution < 1.29 is 23.4 Å². The summed E-state index contributed by atoms with van der Waals surface area (Å²) in [6.45, 7) is 3.59. The van der Waals surface area contributed by atoms with Crippen molar-refractivity contribution in [3.05, 3.63) is 40.8 Å². The monoisotopic (exact) mass is 332 g/mol. The molecule has 0 bridgehead atoms. The maximum absolute atomic E-state index is 12.2. The first-order chi connectivity index (χ1) is 11.6. The molecule has 1 aromatic carbocycles. The molecular formula is C18H20O6. The van der Waals surface area contributed by atoms with Crippen LogP contribution >= 0.6 is 0 Å². The third kappa shape index (κ3) is 3.95. The molecule has 6 nitrogen and oxygen atoms in total. The lowest BCUT2D eigenvalue weighted by Gasteiger charge is -2.13. The summed E-state index contributed by atoms with van der Waals surface area (Å²) in [4.78, 5) is 23.5. The number of allylic oxidation sites excluding steroid dienone is 1. The molecule has 0 amide bonds. The molecule has 0 aliphatic carbocycles. The number of rotatable bonds is 7. The van der Waals surface area contributed by atoms with E-state index >= 15 is 0 Å². The Bertz CT molecular complexity index is 803. The molecule has 0 fully saturated rings. The highest BCUT2D eigenvalue weighted by Crippen LogP contribution is 2.36. The molecule has 6 heteroatoms. The fourth-order valence-electron chi connectivity index (χ4n) is 2.20. The van der Waals surface area contributed by atoms with Crippen LogP contribution in [-0.2, 0) is 4.79 Å². The maximum atomic E-state index is 12.2. The van der Waals surface area contributed by atoms with Gasteiger partial charge in [0.2, 0.25) is 0 Å². The van der Waals surface area contributed by atoms with Crippen LogP contribution in [0.5, 0.6) is 17.2 Å². The Morgan fingerprint density at radius 3 is 2.71 bits per heavy atom. The van der Waals surface area contributed by atoms with Crippen LogP contribution < -0.4 is 19.8 Å². The number of esters is 1.